The topological polar surface area (TPSA) is 12.4 Å². The van der Waals surface area contributed by atoms with Crippen molar-refractivity contribution in [3.05, 3.63) is 24.4 Å². The summed E-state index contributed by atoms with van der Waals surface area (Å²) in [4.78, 5) is 4.18. The lowest BCUT2D eigenvalue weighted by Gasteiger charge is -1.97. The third kappa shape index (κ3) is 9.24. The van der Waals surface area contributed by atoms with E-state index < -0.39 is 0 Å². The van der Waals surface area contributed by atoms with Gasteiger partial charge in [-0.15, -0.1) is 0 Å². The van der Waals surface area contributed by atoms with Gasteiger partial charge in [0.25, 0.3) is 0 Å². The number of aliphatic imine (C=N–C) groups is 1. The Kier molecular flexibility index (Phi) is 8.20. The zero-order valence-electron chi connectivity index (χ0n) is 9.79. The Hall–Kier alpha value is -0.850. The van der Waals surface area contributed by atoms with Gasteiger partial charge in [-0.3, -0.25) is 4.99 Å². The lowest BCUT2D eigenvalue weighted by molar-refractivity contribution is 0.594. The minimum atomic E-state index is 0.777. The highest BCUT2D eigenvalue weighted by Crippen LogP contribution is 2.03. The van der Waals surface area contributed by atoms with Gasteiger partial charge in [-0.05, 0) is 30.8 Å². The summed E-state index contributed by atoms with van der Waals surface area (Å²) in [7, 11) is 0. The van der Waals surface area contributed by atoms with Gasteiger partial charge in [-0.2, -0.15) is 0 Å². The van der Waals surface area contributed by atoms with Gasteiger partial charge >= 0.3 is 0 Å². The molecule has 0 aromatic heterocycles. The van der Waals surface area contributed by atoms with Crippen LogP contribution in [0.3, 0.4) is 0 Å². The molecule has 0 heterocycles. The molecule has 0 aromatic carbocycles. The largest absolute Gasteiger partial charge is 0.265 e. The maximum atomic E-state index is 4.18. The molecule has 0 saturated carbocycles. The molecule has 0 aliphatic rings. The van der Waals surface area contributed by atoms with Crippen LogP contribution in [0.4, 0.5) is 0 Å². The van der Waals surface area contributed by atoms with Crippen molar-refractivity contribution in [3.8, 4) is 0 Å². The number of allylic oxidation sites excluding steroid dienone is 2. The van der Waals surface area contributed by atoms with Gasteiger partial charge in [0, 0.05) is 12.4 Å². The molecule has 0 atom stereocenters. The SMILES string of the molecule is C=C(/C=N\C=C/CCC(C)C)CCC. The third-order valence-electron chi connectivity index (χ3n) is 1.93. The Balaban J connectivity index is 3.55. The molecule has 0 fully saturated rings. The van der Waals surface area contributed by atoms with E-state index in [2.05, 4.69) is 38.4 Å². The maximum absolute atomic E-state index is 4.18. The van der Waals surface area contributed by atoms with Crippen LogP contribution in [-0.2, 0) is 0 Å². The standard InChI is InChI=1S/C13H23N/c1-5-8-13(4)11-14-10-7-6-9-12(2)3/h7,10-12H,4-6,8-9H2,1-3H3/b10-7-,14-11-. The highest BCUT2D eigenvalue weighted by Gasteiger charge is 1.88. The van der Waals surface area contributed by atoms with Crippen LogP contribution in [0.2, 0.25) is 0 Å². The zero-order valence-corrected chi connectivity index (χ0v) is 9.79. The Bertz CT molecular complexity index is 199. The van der Waals surface area contributed by atoms with Crippen LogP contribution in [0.15, 0.2) is 29.4 Å². The summed E-state index contributed by atoms with van der Waals surface area (Å²) in [5.74, 6) is 0.777. The fraction of sp³-hybridized carbons (Fsp3) is 0.615. The smallest absolute Gasteiger partial charge is 0.0293 e. The molecule has 0 unspecified atom stereocenters. The van der Waals surface area contributed by atoms with Gasteiger partial charge in [-0.1, -0.05) is 39.8 Å². The van der Waals surface area contributed by atoms with E-state index in [1.807, 2.05) is 12.4 Å². The molecule has 1 heteroatoms. The van der Waals surface area contributed by atoms with Gasteiger partial charge < -0.3 is 0 Å². The van der Waals surface area contributed by atoms with Gasteiger partial charge in [0.1, 0.15) is 0 Å². The van der Waals surface area contributed by atoms with Crippen LogP contribution in [0, 0.1) is 5.92 Å². The number of hydrogen-bond acceptors (Lipinski definition) is 1. The number of hydrogen-bond donors (Lipinski definition) is 0. The summed E-state index contributed by atoms with van der Waals surface area (Å²) in [6, 6.07) is 0. The first kappa shape index (κ1) is 13.2. The fourth-order valence-electron chi connectivity index (χ4n) is 1.10. The first-order valence-electron chi connectivity index (χ1n) is 5.52. The summed E-state index contributed by atoms with van der Waals surface area (Å²) < 4.78 is 0. The molecule has 0 amide bonds. The van der Waals surface area contributed by atoms with E-state index in [-0.39, 0.29) is 0 Å². The van der Waals surface area contributed by atoms with Crippen LogP contribution in [0.5, 0.6) is 0 Å². The first-order chi connectivity index (χ1) is 6.66. The van der Waals surface area contributed by atoms with Crippen LogP contribution in [0.25, 0.3) is 0 Å². The molecule has 0 spiro atoms. The first-order valence-corrected chi connectivity index (χ1v) is 5.52. The van der Waals surface area contributed by atoms with E-state index in [1.165, 1.54) is 6.42 Å². The van der Waals surface area contributed by atoms with E-state index >= 15 is 0 Å². The molecule has 0 aromatic rings. The molecule has 0 saturated heterocycles. The summed E-state index contributed by atoms with van der Waals surface area (Å²) in [6.07, 6.45) is 10.4. The van der Waals surface area contributed by atoms with Crippen LogP contribution in [0.1, 0.15) is 46.5 Å². The number of rotatable bonds is 7. The van der Waals surface area contributed by atoms with E-state index in [9.17, 15) is 0 Å². The van der Waals surface area contributed by atoms with E-state index in [0.717, 1.165) is 30.8 Å². The Morgan fingerprint density at radius 3 is 2.71 bits per heavy atom. The summed E-state index contributed by atoms with van der Waals surface area (Å²) >= 11 is 0. The second-order valence-corrected chi connectivity index (χ2v) is 4.04. The van der Waals surface area contributed by atoms with Crippen molar-refractivity contribution in [2.24, 2.45) is 10.9 Å². The van der Waals surface area contributed by atoms with Gasteiger partial charge in [0.2, 0.25) is 0 Å². The lowest BCUT2D eigenvalue weighted by atomic mass is 10.1. The van der Waals surface area contributed by atoms with Crippen molar-refractivity contribution in [2.75, 3.05) is 0 Å². The number of nitrogens with zero attached hydrogens (tertiary/aromatic N) is 1. The van der Waals surface area contributed by atoms with Crippen LogP contribution in [-0.4, -0.2) is 6.21 Å². The van der Waals surface area contributed by atoms with Crippen LogP contribution >= 0.6 is 0 Å². The summed E-state index contributed by atoms with van der Waals surface area (Å²) in [6.45, 7) is 10.5. The Labute approximate surface area is 88.6 Å². The van der Waals surface area contributed by atoms with Crippen molar-refractivity contribution in [3.63, 3.8) is 0 Å². The second-order valence-electron chi connectivity index (χ2n) is 4.04. The van der Waals surface area contributed by atoms with E-state index in [4.69, 9.17) is 0 Å². The average Bonchev–Trinajstić information content (AvgIpc) is 2.11. The molecule has 0 aliphatic carbocycles. The quantitative estimate of drug-likeness (QED) is 0.533. The molecule has 0 N–H and O–H groups in total. The lowest BCUT2D eigenvalue weighted by Crippen LogP contribution is -1.83. The summed E-state index contributed by atoms with van der Waals surface area (Å²) in [5.41, 5.74) is 1.11. The molecule has 1 nitrogen and oxygen atoms in total. The molecule has 0 rings (SSSR count). The Morgan fingerprint density at radius 2 is 2.14 bits per heavy atom. The molecule has 0 radical (unpaired) electrons. The van der Waals surface area contributed by atoms with Gasteiger partial charge in [0.05, 0.1) is 0 Å². The maximum Gasteiger partial charge on any atom is 0.0293 e. The second kappa shape index (κ2) is 8.74. The van der Waals surface area contributed by atoms with Crippen molar-refractivity contribution in [1.82, 2.24) is 0 Å². The predicted octanol–water partition coefficient (Wildman–Crippen LogP) is 4.36. The summed E-state index contributed by atoms with van der Waals surface area (Å²) in [5, 5.41) is 0. The molecule has 0 aliphatic heterocycles. The molecular weight excluding hydrogens is 170 g/mol. The Morgan fingerprint density at radius 1 is 1.43 bits per heavy atom. The van der Waals surface area contributed by atoms with E-state index in [0.29, 0.717) is 0 Å². The van der Waals surface area contributed by atoms with Crippen molar-refractivity contribution >= 4 is 6.21 Å². The molecule has 14 heavy (non-hydrogen) atoms. The zero-order chi connectivity index (χ0) is 10.8. The van der Waals surface area contributed by atoms with Crippen LogP contribution < -0.4 is 0 Å². The van der Waals surface area contributed by atoms with E-state index in [1.54, 1.807) is 0 Å². The molecule has 80 valence electrons. The minimum Gasteiger partial charge on any atom is -0.265 e. The highest BCUT2D eigenvalue weighted by atomic mass is 14.7. The van der Waals surface area contributed by atoms with Crippen molar-refractivity contribution < 1.29 is 0 Å². The van der Waals surface area contributed by atoms with Gasteiger partial charge in [-0.25, -0.2) is 0 Å². The normalized spacial score (nSPS) is 12.0. The monoisotopic (exact) mass is 193 g/mol. The molecule has 0 bridgehead atoms. The minimum absolute atomic E-state index is 0.777. The fourth-order valence-corrected chi connectivity index (χ4v) is 1.10. The highest BCUT2D eigenvalue weighted by molar-refractivity contribution is 5.77. The third-order valence-corrected chi connectivity index (χ3v) is 1.93. The molecular formula is C13H23N. The van der Waals surface area contributed by atoms with Crippen molar-refractivity contribution in [1.29, 1.82) is 0 Å². The van der Waals surface area contributed by atoms with Crippen molar-refractivity contribution in [2.45, 2.75) is 46.5 Å². The van der Waals surface area contributed by atoms with Gasteiger partial charge in [0.15, 0.2) is 0 Å². The average molecular weight is 193 g/mol. The predicted molar refractivity (Wildman–Crippen MR) is 65.8 cm³/mol.